The fourth-order valence-electron chi connectivity index (χ4n) is 2.91. The van der Waals surface area contributed by atoms with E-state index in [0.717, 1.165) is 36.3 Å². The summed E-state index contributed by atoms with van der Waals surface area (Å²) in [5.41, 5.74) is 1.55. The molecule has 0 saturated carbocycles. The van der Waals surface area contributed by atoms with Gasteiger partial charge in [0.1, 0.15) is 16.5 Å². The van der Waals surface area contributed by atoms with Crippen LogP contribution in [0.15, 0.2) is 6.07 Å². The van der Waals surface area contributed by atoms with E-state index in [4.69, 9.17) is 30.5 Å². The number of hydrogen-bond donors (Lipinski definition) is 0. The van der Waals surface area contributed by atoms with Crippen LogP contribution in [0.2, 0.25) is 5.15 Å². The van der Waals surface area contributed by atoms with Crippen molar-refractivity contribution in [2.75, 3.05) is 40.1 Å². The smallest absolute Gasteiger partial charge is 0.136 e. The van der Waals surface area contributed by atoms with Crippen molar-refractivity contribution in [3.63, 3.8) is 0 Å². The van der Waals surface area contributed by atoms with Crippen molar-refractivity contribution in [3.8, 4) is 5.75 Å². The lowest BCUT2D eigenvalue weighted by Gasteiger charge is -2.34. The first-order valence-corrected chi connectivity index (χ1v) is 7.66. The average molecular weight is 314 g/mol. The molecule has 1 aromatic rings. The summed E-state index contributed by atoms with van der Waals surface area (Å²) >= 11 is 6.17. The minimum atomic E-state index is -0.441. The summed E-state index contributed by atoms with van der Waals surface area (Å²) in [6, 6.07) is 1.79. The molecule has 1 fully saturated rings. The fraction of sp³-hybridized carbons (Fsp3) is 0.667. The van der Waals surface area contributed by atoms with Gasteiger partial charge in [-0.2, -0.15) is 0 Å². The predicted octanol–water partition coefficient (Wildman–Crippen LogP) is 2.34. The maximum atomic E-state index is 6.17. The van der Waals surface area contributed by atoms with Gasteiger partial charge in [0.25, 0.3) is 0 Å². The van der Waals surface area contributed by atoms with Gasteiger partial charge in [0.15, 0.2) is 0 Å². The molecular weight excluding hydrogens is 294 g/mol. The van der Waals surface area contributed by atoms with Crippen molar-refractivity contribution in [1.82, 2.24) is 4.98 Å². The highest BCUT2D eigenvalue weighted by atomic mass is 35.5. The molecule has 1 unspecified atom stereocenters. The molecule has 116 valence electrons. The Labute approximate surface area is 129 Å². The molecular formula is C15H20ClNO4. The lowest BCUT2D eigenvalue weighted by Crippen LogP contribution is -2.37. The second-order valence-electron chi connectivity index (χ2n) is 5.36. The van der Waals surface area contributed by atoms with Gasteiger partial charge >= 0.3 is 0 Å². The molecule has 1 saturated heterocycles. The van der Waals surface area contributed by atoms with E-state index in [9.17, 15) is 0 Å². The maximum Gasteiger partial charge on any atom is 0.136 e. The molecule has 6 heteroatoms. The van der Waals surface area contributed by atoms with Gasteiger partial charge in [-0.15, -0.1) is 0 Å². The minimum Gasteiger partial charge on any atom is -0.493 e. The molecule has 2 aliphatic rings. The standard InChI is InChI=1S/C15H20ClNO4/c1-18-5-2-6-20-12-9-13(16)17-14-11(12)3-7-21-15(14)4-8-19-10-15/h9H,2-8,10H2,1H3. The third kappa shape index (κ3) is 3.01. The molecule has 5 nitrogen and oxygen atoms in total. The summed E-state index contributed by atoms with van der Waals surface area (Å²) in [6.45, 7) is 3.18. The molecule has 0 aliphatic carbocycles. The Morgan fingerprint density at radius 2 is 2.29 bits per heavy atom. The number of halogens is 1. The maximum absolute atomic E-state index is 6.17. The lowest BCUT2D eigenvalue weighted by atomic mass is 9.90. The van der Waals surface area contributed by atoms with Crippen molar-refractivity contribution >= 4 is 11.6 Å². The second-order valence-corrected chi connectivity index (χ2v) is 5.75. The molecule has 1 aromatic heterocycles. The van der Waals surface area contributed by atoms with Gasteiger partial charge in [0.05, 0.1) is 25.5 Å². The van der Waals surface area contributed by atoms with Gasteiger partial charge in [-0.3, -0.25) is 0 Å². The van der Waals surface area contributed by atoms with E-state index in [1.807, 2.05) is 0 Å². The molecule has 0 aromatic carbocycles. The zero-order valence-corrected chi connectivity index (χ0v) is 12.9. The molecule has 3 rings (SSSR count). The normalized spacial score (nSPS) is 24.3. The van der Waals surface area contributed by atoms with E-state index >= 15 is 0 Å². The number of pyridine rings is 1. The highest BCUT2D eigenvalue weighted by Gasteiger charge is 2.44. The van der Waals surface area contributed by atoms with Crippen LogP contribution in [-0.2, 0) is 26.2 Å². The Bertz CT molecular complexity index is 503. The first-order chi connectivity index (χ1) is 10.2. The summed E-state index contributed by atoms with van der Waals surface area (Å²) in [5.74, 6) is 0.815. The van der Waals surface area contributed by atoms with Crippen LogP contribution in [0.25, 0.3) is 0 Å². The number of ether oxygens (including phenoxy) is 4. The van der Waals surface area contributed by atoms with Crippen LogP contribution in [0.1, 0.15) is 24.1 Å². The number of nitrogens with zero attached hydrogens (tertiary/aromatic N) is 1. The van der Waals surface area contributed by atoms with E-state index < -0.39 is 5.60 Å². The zero-order chi connectivity index (χ0) is 14.7. The number of methoxy groups -OCH3 is 1. The van der Waals surface area contributed by atoms with E-state index in [-0.39, 0.29) is 0 Å². The Kier molecular flexibility index (Phi) is 4.64. The monoisotopic (exact) mass is 313 g/mol. The topological polar surface area (TPSA) is 49.8 Å². The van der Waals surface area contributed by atoms with Crippen LogP contribution >= 0.6 is 11.6 Å². The van der Waals surface area contributed by atoms with Gasteiger partial charge in [-0.05, 0) is 0 Å². The first kappa shape index (κ1) is 15.0. The van der Waals surface area contributed by atoms with Crippen LogP contribution in [0, 0.1) is 0 Å². The molecule has 1 atom stereocenters. The summed E-state index contributed by atoms with van der Waals surface area (Å²) in [6.07, 6.45) is 2.45. The lowest BCUT2D eigenvalue weighted by molar-refractivity contribution is -0.0670. The summed E-state index contributed by atoms with van der Waals surface area (Å²) < 4.78 is 22.4. The van der Waals surface area contributed by atoms with E-state index in [1.54, 1.807) is 13.2 Å². The number of rotatable bonds is 5. The predicted molar refractivity (Wildman–Crippen MR) is 78.0 cm³/mol. The minimum absolute atomic E-state index is 0.437. The second kappa shape index (κ2) is 6.48. The van der Waals surface area contributed by atoms with Crippen LogP contribution in [0.4, 0.5) is 0 Å². The Morgan fingerprint density at radius 3 is 3.05 bits per heavy atom. The van der Waals surface area contributed by atoms with Gasteiger partial charge in [0, 0.05) is 51.2 Å². The zero-order valence-electron chi connectivity index (χ0n) is 12.2. The number of hydrogen-bond acceptors (Lipinski definition) is 5. The van der Waals surface area contributed by atoms with Crippen LogP contribution in [-0.4, -0.2) is 45.1 Å². The Hall–Kier alpha value is -0.880. The molecule has 0 amide bonds. The van der Waals surface area contributed by atoms with E-state index in [0.29, 0.717) is 38.2 Å². The fourth-order valence-corrected chi connectivity index (χ4v) is 3.10. The molecule has 21 heavy (non-hydrogen) atoms. The number of fused-ring (bicyclic) bond motifs is 2. The van der Waals surface area contributed by atoms with Crippen molar-refractivity contribution in [2.45, 2.75) is 24.9 Å². The van der Waals surface area contributed by atoms with Crippen molar-refractivity contribution in [3.05, 3.63) is 22.5 Å². The van der Waals surface area contributed by atoms with Gasteiger partial charge in [-0.1, -0.05) is 11.6 Å². The average Bonchev–Trinajstić information content (AvgIpc) is 2.94. The largest absolute Gasteiger partial charge is 0.493 e. The summed E-state index contributed by atoms with van der Waals surface area (Å²) in [7, 11) is 1.69. The third-order valence-corrected chi connectivity index (χ3v) is 4.14. The highest BCUT2D eigenvalue weighted by molar-refractivity contribution is 6.29. The molecule has 3 heterocycles. The molecule has 0 radical (unpaired) electrons. The molecule has 0 bridgehead atoms. The van der Waals surface area contributed by atoms with Crippen LogP contribution in [0.3, 0.4) is 0 Å². The summed E-state index contributed by atoms with van der Waals surface area (Å²) in [4.78, 5) is 4.51. The molecule has 1 spiro atoms. The SMILES string of the molecule is COCCCOc1cc(Cl)nc2c1CCOC21CCOC1. The Balaban J connectivity index is 1.86. The van der Waals surface area contributed by atoms with Crippen molar-refractivity contribution in [2.24, 2.45) is 0 Å². The number of aromatic nitrogens is 1. The van der Waals surface area contributed by atoms with E-state index in [2.05, 4.69) is 4.98 Å². The molecule has 0 N–H and O–H groups in total. The van der Waals surface area contributed by atoms with Gasteiger partial charge < -0.3 is 18.9 Å². The summed E-state index contributed by atoms with van der Waals surface area (Å²) in [5, 5.41) is 0.437. The van der Waals surface area contributed by atoms with Crippen LogP contribution < -0.4 is 4.74 Å². The highest BCUT2D eigenvalue weighted by Crippen LogP contribution is 2.42. The van der Waals surface area contributed by atoms with E-state index in [1.165, 1.54) is 0 Å². The third-order valence-electron chi connectivity index (χ3n) is 3.95. The quantitative estimate of drug-likeness (QED) is 0.617. The van der Waals surface area contributed by atoms with Crippen LogP contribution in [0.5, 0.6) is 5.75 Å². The van der Waals surface area contributed by atoms with Gasteiger partial charge in [-0.25, -0.2) is 4.98 Å². The van der Waals surface area contributed by atoms with Crippen molar-refractivity contribution in [1.29, 1.82) is 0 Å². The molecule has 2 aliphatic heterocycles. The van der Waals surface area contributed by atoms with Gasteiger partial charge in [0.2, 0.25) is 0 Å². The Morgan fingerprint density at radius 1 is 1.38 bits per heavy atom. The first-order valence-electron chi connectivity index (χ1n) is 7.28. The van der Waals surface area contributed by atoms with Crippen molar-refractivity contribution < 1.29 is 18.9 Å².